The van der Waals surface area contributed by atoms with Gasteiger partial charge >= 0.3 is 5.97 Å². The SMILES string of the molecule is C/C1=C/C[C@@H](C=Cc2cccnc2)OC(=O)C[C@H](O)C(C)(C)C(=O)[C@H](C)[C@@H](O)[C@@H](C)CCC1. The van der Waals surface area contributed by atoms with Gasteiger partial charge in [0.1, 0.15) is 11.9 Å². The average molecular weight is 458 g/mol. The molecule has 6 nitrogen and oxygen atoms in total. The number of hydrogen-bond donors (Lipinski definition) is 2. The number of pyridine rings is 1. The lowest BCUT2D eigenvalue weighted by molar-refractivity contribution is -0.153. The maximum atomic E-state index is 13.1. The number of allylic oxidation sites excluding steroid dienone is 1. The van der Waals surface area contributed by atoms with Gasteiger partial charge in [-0.25, -0.2) is 0 Å². The second kappa shape index (κ2) is 12.2. The van der Waals surface area contributed by atoms with E-state index >= 15 is 0 Å². The van der Waals surface area contributed by atoms with Crippen molar-refractivity contribution in [1.29, 1.82) is 0 Å². The fourth-order valence-corrected chi connectivity index (χ4v) is 4.18. The number of Topliss-reactive ketones (excluding diaryl/α,β-unsaturated/α-hetero) is 1. The maximum Gasteiger partial charge on any atom is 0.309 e. The molecule has 182 valence electrons. The molecule has 1 aromatic heterocycles. The molecule has 1 aliphatic heterocycles. The first-order valence-corrected chi connectivity index (χ1v) is 11.9. The van der Waals surface area contributed by atoms with Gasteiger partial charge in [-0.1, -0.05) is 51.5 Å². The van der Waals surface area contributed by atoms with Crippen LogP contribution in [0.1, 0.15) is 72.3 Å². The van der Waals surface area contributed by atoms with Crippen LogP contribution in [0.25, 0.3) is 6.08 Å². The van der Waals surface area contributed by atoms with Gasteiger partial charge in [0.2, 0.25) is 0 Å². The summed E-state index contributed by atoms with van der Waals surface area (Å²) in [6.45, 7) is 8.94. The van der Waals surface area contributed by atoms with Gasteiger partial charge in [-0.2, -0.15) is 0 Å². The molecular weight excluding hydrogens is 418 g/mol. The third kappa shape index (κ3) is 7.90. The lowest BCUT2D eigenvalue weighted by Gasteiger charge is -2.34. The minimum atomic E-state index is -1.21. The van der Waals surface area contributed by atoms with Crippen LogP contribution in [0.3, 0.4) is 0 Å². The minimum Gasteiger partial charge on any atom is -0.458 e. The van der Waals surface area contributed by atoms with E-state index in [-0.39, 0.29) is 18.1 Å². The van der Waals surface area contributed by atoms with Crippen molar-refractivity contribution in [3.8, 4) is 0 Å². The zero-order valence-electron chi connectivity index (χ0n) is 20.5. The number of aromatic nitrogens is 1. The lowest BCUT2D eigenvalue weighted by Crippen LogP contribution is -2.45. The normalized spacial score (nSPS) is 32.2. The number of nitrogens with zero attached hydrogens (tertiary/aromatic N) is 1. The quantitative estimate of drug-likeness (QED) is 0.501. The molecule has 33 heavy (non-hydrogen) atoms. The predicted octanol–water partition coefficient (Wildman–Crippen LogP) is 4.51. The zero-order valence-corrected chi connectivity index (χ0v) is 20.5. The van der Waals surface area contributed by atoms with E-state index in [1.165, 1.54) is 5.57 Å². The van der Waals surface area contributed by atoms with Crippen molar-refractivity contribution in [3.05, 3.63) is 47.8 Å². The second-order valence-corrected chi connectivity index (χ2v) is 9.91. The van der Waals surface area contributed by atoms with Crippen LogP contribution in [-0.2, 0) is 14.3 Å². The number of rotatable bonds is 2. The molecule has 0 radical (unpaired) electrons. The number of cyclic esters (lactones) is 1. The van der Waals surface area contributed by atoms with Crippen LogP contribution in [0.2, 0.25) is 0 Å². The lowest BCUT2D eigenvalue weighted by atomic mass is 9.73. The zero-order chi connectivity index (χ0) is 24.6. The number of carbonyl (C=O) groups is 2. The molecule has 5 atom stereocenters. The highest BCUT2D eigenvalue weighted by atomic mass is 16.5. The van der Waals surface area contributed by atoms with E-state index in [0.717, 1.165) is 24.8 Å². The van der Waals surface area contributed by atoms with Crippen molar-refractivity contribution >= 4 is 17.8 Å². The fourth-order valence-electron chi connectivity index (χ4n) is 4.18. The third-order valence-electron chi connectivity index (χ3n) is 6.74. The monoisotopic (exact) mass is 457 g/mol. The molecule has 0 saturated carbocycles. The summed E-state index contributed by atoms with van der Waals surface area (Å²) in [7, 11) is 0. The molecule has 2 rings (SSSR count). The van der Waals surface area contributed by atoms with Crippen LogP contribution >= 0.6 is 0 Å². The molecule has 6 heteroatoms. The second-order valence-electron chi connectivity index (χ2n) is 9.91. The number of carbonyl (C=O) groups excluding carboxylic acids is 2. The Balaban J connectivity index is 2.27. The molecule has 0 amide bonds. The first-order chi connectivity index (χ1) is 15.5. The molecule has 0 bridgehead atoms. The third-order valence-corrected chi connectivity index (χ3v) is 6.74. The van der Waals surface area contributed by atoms with Crippen LogP contribution in [0, 0.1) is 17.3 Å². The van der Waals surface area contributed by atoms with Crippen LogP contribution in [0.5, 0.6) is 0 Å². The number of ether oxygens (including phenoxy) is 1. The highest BCUT2D eigenvalue weighted by Crippen LogP contribution is 2.32. The Hall–Kier alpha value is -2.31. The van der Waals surface area contributed by atoms with Gasteiger partial charge in [0, 0.05) is 24.7 Å². The van der Waals surface area contributed by atoms with Crippen LogP contribution in [0.4, 0.5) is 0 Å². The Bertz CT molecular complexity index is 845. The number of ketones is 1. The molecule has 2 heterocycles. The van der Waals surface area contributed by atoms with Gasteiger partial charge in [0.25, 0.3) is 0 Å². The molecule has 0 aromatic carbocycles. The molecule has 0 saturated heterocycles. The first kappa shape index (κ1) is 26.9. The number of hydrogen-bond acceptors (Lipinski definition) is 6. The standard InChI is InChI=1S/C27H39NO5/c1-18-8-6-9-19(2)25(31)20(3)26(32)27(4,5)23(29)16-24(30)33-22(13-11-18)14-12-21-10-7-15-28-17-21/h7,10-12,14-15,17,19-20,22-23,25,29,31H,6,8-9,13,16H2,1-5H3/b14-12?,18-11-/t19-,20+,22-,23-,25-/m0/s1. The summed E-state index contributed by atoms with van der Waals surface area (Å²) in [5.74, 6) is -1.50. The number of aliphatic hydroxyl groups excluding tert-OH is 2. The Kier molecular flexibility index (Phi) is 9.99. The van der Waals surface area contributed by atoms with Crippen molar-refractivity contribution in [2.45, 2.75) is 85.0 Å². The molecule has 0 aliphatic carbocycles. The van der Waals surface area contributed by atoms with E-state index in [1.807, 2.05) is 38.1 Å². The first-order valence-electron chi connectivity index (χ1n) is 11.9. The molecule has 1 aliphatic rings. The van der Waals surface area contributed by atoms with Crippen molar-refractivity contribution in [2.75, 3.05) is 0 Å². The highest BCUT2D eigenvalue weighted by molar-refractivity contribution is 5.88. The van der Waals surface area contributed by atoms with E-state index in [9.17, 15) is 19.8 Å². The van der Waals surface area contributed by atoms with Crippen LogP contribution in [0.15, 0.2) is 42.3 Å². The largest absolute Gasteiger partial charge is 0.458 e. The predicted molar refractivity (Wildman–Crippen MR) is 129 cm³/mol. The van der Waals surface area contributed by atoms with Crippen LogP contribution in [-0.4, -0.2) is 45.3 Å². The summed E-state index contributed by atoms with van der Waals surface area (Å²) >= 11 is 0. The number of aliphatic hydroxyl groups is 2. The van der Waals surface area contributed by atoms with Gasteiger partial charge in [-0.3, -0.25) is 14.6 Å². The Morgan fingerprint density at radius 1 is 1.21 bits per heavy atom. The van der Waals surface area contributed by atoms with Crippen LogP contribution < -0.4 is 0 Å². The maximum absolute atomic E-state index is 13.1. The Labute approximate surface area is 197 Å². The summed E-state index contributed by atoms with van der Waals surface area (Å²) in [5, 5.41) is 21.5. The average Bonchev–Trinajstić information content (AvgIpc) is 2.79. The van der Waals surface area contributed by atoms with E-state index in [0.29, 0.717) is 6.42 Å². The Morgan fingerprint density at radius 3 is 2.61 bits per heavy atom. The molecular formula is C27H39NO5. The van der Waals surface area contributed by atoms with E-state index in [1.54, 1.807) is 33.2 Å². The fraction of sp³-hybridized carbons (Fsp3) is 0.593. The van der Waals surface area contributed by atoms with Crippen molar-refractivity contribution in [3.63, 3.8) is 0 Å². The van der Waals surface area contributed by atoms with Gasteiger partial charge in [0.15, 0.2) is 0 Å². The van der Waals surface area contributed by atoms with Crippen molar-refractivity contribution in [2.24, 2.45) is 17.3 Å². The van der Waals surface area contributed by atoms with E-state index in [2.05, 4.69) is 11.1 Å². The molecule has 0 unspecified atom stereocenters. The summed E-state index contributed by atoms with van der Waals surface area (Å²) in [5.41, 5.74) is 0.896. The minimum absolute atomic E-state index is 0.0438. The van der Waals surface area contributed by atoms with E-state index < -0.39 is 35.6 Å². The highest BCUT2D eigenvalue weighted by Gasteiger charge is 2.42. The summed E-state index contributed by atoms with van der Waals surface area (Å²) in [6.07, 6.45) is 9.46. The summed E-state index contributed by atoms with van der Waals surface area (Å²) in [4.78, 5) is 29.9. The smallest absolute Gasteiger partial charge is 0.309 e. The molecule has 0 fully saturated rings. The van der Waals surface area contributed by atoms with Gasteiger partial charge < -0.3 is 14.9 Å². The van der Waals surface area contributed by atoms with Gasteiger partial charge in [0.05, 0.1) is 24.0 Å². The molecule has 1 aromatic rings. The van der Waals surface area contributed by atoms with E-state index in [4.69, 9.17) is 4.74 Å². The molecule has 2 N–H and O–H groups in total. The molecule has 0 spiro atoms. The Morgan fingerprint density at radius 2 is 1.94 bits per heavy atom. The summed E-state index contributed by atoms with van der Waals surface area (Å²) in [6, 6.07) is 3.75. The van der Waals surface area contributed by atoms with Gasteiger partial charge in [-0.05, 0) is 49.8 Å². The van der Waals surface area contributed by atoms with Crippen molar-refractivity contribution < 1.29 is 24.5 Å². The van der Waals surface area contributed by atoms with Gasteiger partial charge in [-0.15, -0.1) is 0 Å². The summed E-state index contributed by atoms with van der Waals surface area (Å²) < 4.78 is 5.67. The topological polar surface area (TPSA) is 96.7 Å². The van der Waals surface area contributed by atoms with Crippen molar-refractivity contribution in [1.82, 2.24) is 4.98 Å². The number of esters is 1.